The van der Waals surface area contributed by atoms with E-state index >= 15 is 0 Å². The number of aromatic nitrogens is 3. The summed E-state index contributed by atoms with van der Waals surface area (Å²) in [4.78, 5) is 15.6. The Labute approximate surface area is 128 Å². The van der Waals surface area contributed by atoms with Crippen LogP contribution in [0.1, 0.15) is 12.0 Å². The molecule has 1 unspecified atom stereocenters. The van der Waals surface area contributed by atoms with Gasteiger partial charge in [0.15, 0.2) is 0 Å². The average molecular weight is 301 g/mol. The number of nitrogens with one attached hydrogen (secondary N) is 2. The highest BCUT2D eigenvalue weighted by Gasteiger charge is 2.22. The summed E-state index contributed by atoms with van der Waals surface area (Å²) in [5.41, 5.74) is 1.20. The van der Waals surface area contributed by atoms with Crippen molar-refractivity contribution in [2.75, 3.05) is 13.1 Å². The molecule has 0 aliphatic carbocycles. The van der Waals surface area contributed by atoms with E-state index in [2.05, 4.69) is 26.8 Å². The highest BCUT2D eigenvalue weighted by atomic mass is 16.5. The van der Waals surface area contributed by atoms with Crippen molar-refractivity contribution in [1.82, 2.24) is 25.4 Å². The highest BCUT2D eigenvalue weighted by Crippen LogP contribution is 2.27. The summed E-state index contributed by atoms with van der Waals surface area (Å²) in [6, 6.07) is 7.80. The molecule has 1 atom stereocenters. The number of urea groups is 1. The first-order valence-electron chi connectivity index (χ1n) is 7.40. The largest absolute Gasteiger partial charge is 0.488 e. The molecule has 22 heavy (non-hydrogen) atoms. The van der Waals surface area contributed by atoms with Gasteiger partial charge in [0.2, 0.25) is 0 Å². The summed E-state index contributed by atoms with van der Waals surface area (Å²) in [7, 11) is 0. The Balaban J connectivity index is 1.30. The van der Waals surface area contributed by atoms with Gasteiger partial charge in [0.25, 0.3) is 0 Å². The van der Waals surface area contributed by atoms with E-state index in [1.54, 1.807) is 11.0 Å². The van der Waals surface area contributed by atoms with Crippen LogP contribution in [0.2, 0.25) is 0 Å². The molecule has 1 aromatic heterocycles. The van der Waals surface area contributed by atoms with Gasteiger partial charge >= 0.3 is 6.03 Å². The lowest BCUT2D eigenvalue weighted by atomic mass is 10.1. The maximum Gasteiger partial charge on any atom is 0.314 e. The molecule has 0 fully saturated rings. The van der Waals surface area contributed by atoms with Gasteiger partial charge in [-0.15, -0.1) is 0 Å². The van der Waals surface area contributed by atoms with Crippen molar-refractivity contribution >= 4 is 6.03 Å². The van der Waals surface area contributed by atoms with E-state index in [1.807, 2.05) is 18.2 Å². The molecular weight excluding hydrogens is 282 g/mol. The first-order chi connectivity index (χ1) is 10.8. The second-order valence-corrected chi connectivity index (χ2v) is 5.20. The number of amides is 2. The van der Waals surface area contributed by atoms with Gasteiger partial charge in [-0.3, -0.25) is 4.68 Å². The van der Waals surface area contributed by atoms with E-state index in [9.17, 15) is 4.79 Å². The zero-order chi connectivity index (χ0) is 15.2. The van der Waals surface area contributed by atoms with Gasteiger partial charge in [-0.1, -0.05) is 18.2 Å². The van der Waals surface area contributed by atoms with Crippen molar-refractivity contribution in [2.45, 2.75) is 25.5 Å². The maximum atomic E-state index is 11.7. The summed E-state index contributed by atoms with van der Waals surface area (Å²) in [6.07, 6.45) is 4.82. The molecule has 1 aliphatic heterocycles. The zero-order valence-electron chi connectivity index (χ0n) is 12.2. The third-order valence-corrected chi connectivity index (χ3v) is 3.52. The van der Waals surface area contributed by atoms with Gasteiger partial charge in [0.1, 0.15) is 24.5 Å². The molecule has 0 saturated heterocycles. The Morgan fingerprint density at radius 3 is 3.09 bits per heavy atom. The summed E-state index contributed by atoms with van der Waals surface area (Å²) < 4.78 is 7.51. The Bertz CT molecular complexity index is 589. The second kappa shape index (κ2) is 6.93. The van der Waals surface area contributed by atoms with Crippen LogP contribution in [0.25, 0.3) is 0 Å². The topological polar surface area (TPSA) is 81.1 Å². The molecule has 116 valence electrons. The van der Waals surface area contributed by atoms with Crippen molar-refractivity contribution in [3.05, 3.63) is 42.5 Å². The summed E-state index contributed by atoms with van der Waals surface area (Å²) >= 11 is 0. The van der Waals surface area contributed by atoms with Gasteiger partial charge in [-0.25, -0.2) is 9.78 Å². The van der Waals surface area contributed by atoms with Crippen LogP contribution in [0.4, 0.5) is 4.79 Å². The minimum Gasteiger partial charge on any atom is -0.488 e. The Morgan fingerprint density at radius 1 is 1.36 bits per heavy atom. The fourth-order valence-corrected chi connectivity index (χ4v) is 2.43. The van der Waals surface area contributed by atoms with E-state index in [0.717, 1.165) is 25.1 Å². The summed E-state index contributed by atoms with van der Waals surface area (Å²) in [5, 5.41) is 9.67. The molecule has 0 bridgehead atoms. The van der Waals surface area contributed by atoms with Crippen LogP contribution in [0.15, 0.2) is 36.9 Å². The van der Waals surface area contributed by atoms with Crippen LogP contribution in [-0.2, 0) is 13.0 Å². The van der Waals surface area contributed by atoms with Crippen molar-refractivity contribution < 1.29 is 9.53 Å². The molecule has 0 saturated carbocycles. The number of hydrogen-bond acceptors (Lipinski definition) is 4. The number of para-hydroxylation sites is 1. The van der Waals surface area contributed by atoms with Crippen LogP contribution in [0.5, 0.6) is 5.75 Å². The number of ether oxygens (including phenoxy) is 1. The predicted molar refractivity (Wildman–Crippen MR) is 80.6 cm³/mol. The Morgan fingerprint density at radius 2 is 2.27 bits per heavy atom. The number of carbonyl (C=O) groups is 1. The first kappa shape index (κ1) is 14.4. The molecular formula is C15H19N5O2. The number of rotatable bonds is 6. The SMILES string of the molecule is O=C(NCCCn1cncn1)NCC1Cc2ccccc2O1. The molecule has 1 aliphatic rings. The molecule has 2 amide bonds. The molecule has 1 aromatic carbocycles. The molecule has 2 aromatic rings. The van der Waals surface area contributed by atoms with Crippen LogP contribution >= 0.6 is 0 Å². The number of aryl methyl sites for hydroxylation is 1. The fraction of sp³-hybridized carbons (Fsp3) is 0.400. The summed E-state index contributed by atoms with van der Waals surface area (Å²) in [6.45, 7) is 1.84. The lowest BCUT2D eigenvalue weighted by molar-refractivity contribution is 0.214. The van der Waals surface area contributed by atoms with Crippen molar-refractivity contribution in [3.63, 3.8) is 0 Å². The smallest absolute Gasteiger partial charge is 0.314 e. The lowest BCUT2D eigenvalue weighted by Gasteiger charge is -2.12. The molecule has 7 nitrogen and oxygen atoms in total. The maximum absolute atomic E-state index is 11.7. The standard InChI is InChI=1S/C15H19N5O2/c21-15(17-6-3-7-20-11-16-10-19-20)18-9-13-8-12-4-1-2-5-14(12)22-13/h1-2,4-5,10-11,13H,3,6-9H2,(H2,17,18,21). The number of nitrogens with zero attached hydrogens (tertiary/aromatic N) is 3. The average Bonchev–Trinajstić information content (AvgIpc) is 3.18. The van der Waals surface area contributed by atoms with Crippen molar-refractivity contribution in [3.8, 4) is 5.75 Å². The molecule has 2 heterocycles. The normalized spacial score (nSPS) is 15.9. The lowest BCUT2D eigenvalue weighted by Crippen LogP contribution is -2.41. The predicted octanol–water partition coefficient (Wildman–Crippen LogP) is 0.971. The summed E-state index contributed by atoms with van der Waals surface area (Å²) in [5.74, 6) is 0.919. The molecule has 2 N–H and O–H groups in total. The molecule has 0 radical (unpaired) electrons. The molecule has 0 spiro atoms. The van der Waals surface area contributed by atoms with Gasteiger partial charge in [-0.05, 0) is 18.1 Å². The Hall–Kier alpha value is -2.57. The van der Waals surface area contributed by atoms with Crippen molar-refractivity contribution in [1.29, 1.82) is 0 Å². The van der Waals surface area contributed by atoms with Gasteiger partial charge in [-0.2, -0.15) is 5.10 Å². The number of carbonyl (C=O) groups excluding carboxylic acids is 1. The van der Waals surface area contributed by atoms with Crippen LogP contribution < -0.4 is 15.4 Å². The van der Waals surface area contributed by atoms with E-state index in [1.165, 1.54) is 11.9 Å². The molecule has 7 heteroatoms. The number of fused-ring (bicyclic) bond motifs is 1. The van der Waals surface area contributed by atoms with Gasteiger partial charge in [0.05, 0.1) is 6.54 Å². The third-order valence-electron chi connectivity index (χ3n) is 3.52. The molecule has 3 rings (SSSR count). The highest BCUT2D eigenvalue weighted by molar-refractivity contribution is 5.73. The third kappa shape index (κ3) is 3.75. The monoisotopic (exact) mass is 301 g/mol. The quantitative estimate of drug-likeness (QED) is 0.779. The minimum atomic E-state index is -0.168. The van der Waals surface area contributed by atoms with Crippen LogP contribution in [0.3, 0.4) is 0 Å². The van der Waals surface area contributed by atoms with E-state index < -0.39 is 0 Å². The van der Waals surface area contributed by atoms with E-state index in [-0.39, 0.29) is 12.1 Å². The number of benzene rings is 1. The minimum absolute atomic E-state index is 0.0123. The Kier molecular flexibility index (Phi) is 4.53. The van der Waals surface area contributed by atoms with Gasteiger partial charge in [0, 0.05) is 19.5 Å². The van der Waals surface area contributed by atoms with Crippen molar-refractivity contribution in [2.24, 2.45) is 0 Å². The van der Waals surface area contributed by atoms with E-state index in [0.29, 0.717) is 13.1 Å². The van der Waals surface area contributed by atoms with Crippen LogP contribution in [-0.4, -0.2) is 40.0 Å². The zero-order valence-corrected chi connectivity index (χ0v) is 12.2. The van der Waals surface area contributed by atoms with E-state index in [4.69, 9.17) is 4.74 Å². The number of hydrogen-bond donors (Lipinski definition) is 2. The van der Waals surface area contributed by atoms with Gasteiger partial charge < -0.3 is 15.4 Å². The fourth-order valence-electron chi connectivity index (χ4n) is 2.43. The first-order valence-corrected chi connectivity index (χ1v) is 7.40. The van der Waals surface area contributed by atoms with Crippen LogP contribution in [0, 0.1) is 0 Å². The second-order valence-electron chi connectivity index (χ2n) is 5.20.